The number of para-hydroxylation sites is 2. The number of imidazole rings is 1. The lowest BCUT2D eigenvalue weighted by molar-refractivity contribution is -0.160. The number of pyridine rings is 2. The number of H-pyrrole nitrogens is 1. The molecule has 1 unspecified atom stereocenters. The summed E-state index contributed by atoms with van der Waals surface area (Å²) in [6.07, 6.45) is 3.48. The molecular formula is C22H22N4O2S. The van der Waals surface area contributed by atoms with E-state index in [0.29, 0.717) is 11.4 Å². The van der Waals surface area contributed by atoms with E-state index in [1.807, 2.05) is 62.4 Å². The summed E-state index contributed by atoms with van der Waals surface area (Å²) in [5.41, 5.74) is 4.60. The third-order valence-corrected chi connectivity index (χ3v) is 5.68. The van der Waals surface area contributed by atoms with Crippen molar-refractivity contribution in [3.8, 4) is 5.75 Å². The molecule has 148 valence electrons. The van der Waals surface area contributed by atoms with Gasteiger partial charge in [0.1, 0.15) is 11.4 Å². The smallest absolute Gasteiger partial charge is 0.251 e. The van der Waals surface area contributed by atoms with Crippen molar-refractivity contribution in [2.45, 2.75) is 30.5 Å². The molecule has 0 spiro atoms. The normalized spacial score (nSPS) is 13.3. The minimum atomic E-state index is -0.990. The van der Waals surface area contributed by atoms with Crippen molar-refractivity contribution < 1.29 is 9.47 Å². The molecule has 29 heavy (non-hydrogen) atoms. The lowest BCUT2D eigenvalue weighted by atomic mass is 10.1. The Hall–Kier alpha value is -2.90. The van der Waals surface area contributed by atoms with Crippen molar-refractivity contribution in [2.75, 3.05) is 7.11 Å². The van der Waals surface area contributed by atoms with Crippen LogP contribution in [0, 0.1) is 6.92 Å². The quantitative estimate of drug-likeness (QED) is 0.349. The number of rotatable bonds is 7. The van der Waals surface area contributed by atoms with Gasteiger partial charge in [-0.05, 0) is 37.3 Å². The number of benzene rings is 1. The molecule has 0 radical (unpaired) electrons. The van der Waals surface area contributed by atoms with Crippen LogP contribution < -0.4 is 4.74 Å². The zero-order chi connectivity index (χ0) is 20.3. The van der Waals surface area contributed by atoms with Crippen LogP contribution in [0.25, 0.3) is 11.0 Å². The molecule has 0 aliphatic heterocycles. The van der Waals surface area contributed by atoms with Crippen molar-refractivity contribution in [2.24, 2.45) is 0 Å². The first-order valence-corrected chi connectivity index (χ1v) is 10.3. The van der Waals surface area contributed by atoms with Gasteiger partial charge in [-0.15, -0.1) is 0 Å². The number of nitrogens with one attached hydrogen (secondary N) is 1. The summed E-state index contributed by atoms with van der Waals surface area (Å²) in [5.74, 6) is 0.405. The zero-order valence-electron chi connectivity index (χ0n) is 16.5. The Morgan fingerprint density at radius 1 is 1.03 bits per heavy atom. The summed E-state index contributed by atoms with van der Waals surface area (Å²) >= 11 is 1.61. The Morgan fingerprint density at radius 2 is 1.86 bits per heavy atom. The van der Waals surface area contributed by atoms with Gasteiger partial charge >= 0.3 is 0 Å². The molecular weight excluding hydrogens is 384 g/mol. The first-order valence-electron chi connectivity index (χ1n) is 9.27. The fraction of sp³-hybridized carbons (Fsp3) is 0.227. The van der Waals surface area contributed by atoms with E-state index in [2.05, 4.69) is 19.9 Å². The summed E-state index contributed by atoms with van der Waals surface area (Å²) in [6, 6.07) is 15.5. The van der Waals surface area contributed by atoms with Crippen LogP contribution in [0.5, 0.6) is 5.75 Å². The van der Waals surface area contributed by atoms with Gasteiger partial charge in [0, 0.05) is 37.7 Å². The summed E-state index contributed by atoms with van der Waals surface area (Å²) < 4.78 is 11.9. The van der Waals surface area contributed by atoms with Crippen LogP contribution in [-0.4, -0.2) is 27.0 Å². The van der Waals surface area contributed by atoms with E-state index in [1.165, 1.54) is 0 Å². The summed E-state index contributed by atoms with van der Waals surface area (Å²) in [6.45, 7) is 3.86. The van der Waals surface area contributed by atoms with E-state index in [1.54, 1.807) is 31.3 Å². The van der Waals surface area contributed by atoms with Crippen molar-refractivity contribution in [3.05, 3.63) is 77.9 Å². The number of ether oxygens (including phenoxy) is 2. The van der Waals surface area contributed by atoms with Crippen LogP contribution in [0.1, 0.15) is 23.9 Å². The van der Waals surface area contributed by atoms with E-state index in [9.17, 15) is 0 Å². The lowest BCUT2D eigenvalue weighted by Gasteiger charge is -2.29. The molecule has 0 fully saturated rings. The molecule has 0 saturated heterocycles. The molecule has 0 amide bonds. The molecule has 6 nitrogen and oxygen atoms in total. The average Bonchev–Trinajstić information content (AvgIpc) is 3.18. The first-order chi connectivity index (χ1) is 14.1. The highest BCUT2D eigenvalue weighted by molar-refractivity contribution is 7.98. The molecule has 0 bridgehead atoms. The second-order valence-corrected chi connectivity index (χ2v) is 7.66. The number of nitrogens with zero attached hydrogens (tertiary/aromatic N) is 3. The number of methoxy groups -OCH3 is 1. The van der Waals surface area contributed by atoms with Gasteiger partial charge in [-0.3, -0.25) is 9.97 Å². The van der Waals surface area contributed by atoms with Crippen LogP contribution in [0.4, 0.5) is 0 Å². The summed E-state index contributed by atoms with van der Waals surface area (Å²) in [4.78, 5) is 16.9. The van der Waals surface area contributed by atoms with E-state index >= 15 is 0 Å². The largest absolute Gasteiger partial charge is 0.456 e. The number of aromatic nitrogens is 4. The van der Waals surface area contributed by atoms with Gasteiger partial charge in [0.15, 0.2) is 5.16 Å². The molecule has 3 heterocycles. The van der Waals surface area contributed by atoms with Crippen molar-refractivity contribution in [1.29, 1.82) is 0 Å². The second kappa shape index (κ2) is 8.23. The minimum absolute atomic E-state index is 0.677. The van der Waals surface area contributed by atoms with Crippen LogP contribution in [-0.2, 0) is 16.3 Å². The van der Waals surface area contributed by atoms with Crippen molar-refractivity contribution in [3.63, 3.8) is 0 Å². The number of hydrogen-bond donors (Lipinski definition) is 1. The van der Waals surface area contributed by atoms with Crippen LogP contribution in [0.15, 0.2) is 66.1 Å². The number of thioether (sulfide) groups is 1. The molecule has 0 saturated carbocycles. The predicted molar refractivity (Wildman–Crippen MR) is 114 cm³/mol. The van der Waals surface area contributed by atoms with Gasteiger partial charge in [0.2, 0.25) is 0 Å². The van der Waals surface area contributed by atoms with Crippen LogP contribution >= 0.6 is 11.8 Å². The van der Waals surface area contributed by atoms with Crippen LogP contribution in [0.3, 0.4) is 0 Å². The Morgan fingerprint density at radius 3 is 2.62 bits per heavy atom. The molecule has 1 aromatic carbocycles. The molecule has 3 aromatic heterocycles. The fourth-order valence-electron chi connectivity index (χ4n) is 2.99. The highest BCUT2D eigenvalue weighted by atomic mass is 32.2. The fourth-order valence-corrected chi connectivity index (χ4v) is 3.90. The number of hydrogen-bond acceptors (Lipinski definition) is 6. The third-order valence-electron chi connectivity index (χ3n) is 4.80. The Kier molecular flexibility index (Phi) is 5.51. The number of aromatic amines is 1. The third kappa shape index (κ3) is 4.11. The Labute approximate surface area is 173 Å². The standard InChI is InChI=1S/C22H22N4O2S/c1-15-18(14-29-21-25-16-8-4-5-9-17(16)26-21)23-13-11-19(15)28-22(2,27-3)20-10-6-7-12-24-20/h4-13H,14H2,1-3H3,(H,25,26). The first kappa shape index (κ1) is 19.4. The average molecular weight is 407 g/mol. The molecule has 1 N–H and O–H groups in total. The Bertz CT molecular complexity index is 1080. The summed E-state index contributed by atoms with van der Waals surface area (Å²) in [5, 5.41) is 0.869. The van der Waals surface area contributed by atoms with Crippen molar-refractivity contribution in [1.82, 2.24) is 19.9 Å². The maximum absolute atomic E-state index is 6.25. The van der Waals surface area contributed by atoms with Crippen LogP contribution in [0.2, 0.25) is 0 Å². The molecule has 0 aliphatic rings. The molecule has 7 heteroatoms. The van der Waals surface area contributed by atoms with Gasteiger partial charge in [-0.25, -0.2) is 4.98 Å². The van der Waals surface area contributed by atoms with E-state index in [0.717, 1.165) is 33.2 Å². The van der Waals surface area contributed by atoms with E-state index in [4.69, 9.17) is 9.47 Å². The lowest BCUT2D eigenvalue weighted by Crippen LogP contribution is -2.33. The highest BCUT2D eigenvalue weighted by Gasteiger charge is 2.31. The summed E-state index contributed by atoms with van der Waals surface area (Å²) in [7, 11) is 1.61. The van der Waals surface area contributed by atoms with Gasteiger partial charge in [-0.2, -0.15) is 0 Å². The predicted octanol–water partition coefficient (Wildman–Crippen LogP) is 4.85. The molecule has 4 aromatic rings. The van der Waals surface area contributed by atoms with E-state index < -0.39 is 5.79 Å². The Balaban J connectivity index is 1.53. The molecule has 4 rings (SSSR count). The van der Waals surface area contributed by atoms with Gasteiger partial charge < -0.3 is 14.5 Å². The molecule has 1 atom stereocenters. The number of fused-ring (bicyclic) bond motifs is 1. The van der Waals surface area contributed by atoms with Crippen molar-refractivity contribution >= 4 is 22.8 Å². The molecule has 0 aliphatic carbocycles. The van der Waals surface area contributed by atoms with Gasteiger partial charge in [-0.1, -0.05) is 30.0 Å². The SMILES string of the molecule is COC(C)(Oc1ccnc(CSc2nc3ccccc3[nH]2)c1C)c1ccccn1. The van der Waals surface area contributed by atoms with Gasteiger partial charge in [0.25, 0.3) is 5.79 Å². The second-order valence-electron chi connectivity index (χ2n) is 6.70. The zero-order valence-corrected chi connectivity index (χ0v) is 17.4. The maximum Gasteiger partial charge on any atom is 0.251 e. The van der Waals surface area contributed by atoms with E-state index in [-0.39, 0.29) is 0 Å². The topological polar surface area (TPSA) is 72.9 Å². The maximum atomic E-state index is 6.25. The van der Waals surface area contributed by atoms with Gasteiger partial charge in [0.05, 0.1) is 16.7 Å². The monoisotopic (exact) mass is 406 g/mol. The minimum Gasteiger partial charge on any atom is -0.456 e. The highest BCUT2D eigenvalue weighted by Crippen LogP contribution is 2.32.